The molecule has 0 aliphatic carbocycles. The van der Waals surface area contributed by atoms with Crippen molar-refractivity contribution in [3.8, 4) is 0 Å². The molecular formula is C19H23NO. The van der Waals surface area contributed by atoms with Crippen LogP contribution >= 0.6 is 0 Å². The fraction of sp³-hybridized carbons (Fsp3) is 0.316. The Kier molecular flexibility index (Phi) is 5.15. The average Bonchev–Trinajstić information content (AvgIpc) is 2.46. The molecule has 0 fully saturated rings. The summed E-state index contributed by atoms with van der Waals surface area (Å²) < 4.78 is 0. The molecule has 0 saturated carbocycles. The van der Waals surface area contributed by atoms with Gasteiger partial charge in [0, 0.05) is 6.42 Å². The third-order valence-corrected chi connectivity index (χ3v) is 3.75. The Morgan fingerprint density at radius 1 is 1.10 bits per heavy atom. The lowest BCUT2D eigenvalue weighted by molar-refractivity contribution is -0.121. The first kappa shape index (κ1) is 15.3. The second-order valence-electron chi connectivity index (χ2n) is 5.63. The number of carbonyl (C=O) groups is 1. The van der Waals surface area contributed by atoms with Crippen molar-refractivity contribution in [3.05, 3.63) is 70.8 Å². The lowest BCUT2D eigenvalue weighted by Gasteiger charge is -2.17. The molecule has 110 valence electrons. The summed E-state index contributed by atoms with van der Waals surface area (Å²) in [6, 6.07) is 16.5. The molecule has 21 heavy (non-hydrogen) atoms. The zero-order chi connectivity index (χ0) is 15.2. The Bertz CT molecular complexity index is 604. The van der Waals surface area contributed by atoms with Crippen LogP contribution in [0.3, 0.4) is 0 Å². The van der Waals surface area contributed by atoms with E-state index in [4.69, 9.17) is 0 Å². The van der Waals surface area contributed by atoms with Gasteiger partial charge in [-0.3, -0.25) is 4.79 Å². The van der Waals surface area contributed by atoms with E-state index in [9.17, 15) is 4.79 Å². The quantitative estimate of drug-likeness (QED) is 0.878. The molecule has 0 spiro atoms. The van der Waals surface area contributed by atoms with Crippen LogP contribution in [-0.2, 0) is 11.2 Å². The number of nitrogens with one attached hydrogen (secondary N) is 1. The van der Waals surface area contributed by atoms with Crippen LogP contribution in [0.1, 0.15) is 41.6 Å². The van der Waals surface area contributed by atoms with Crippen molar-refractivity contribution in [1.82, 2.24) is 5.32 Å². The van der Waals surface area contributed by atoms with Crippen molar-refractivity contribution in [2.75, 3.05) is 0 Å². The molecule has 2 rings (SSSR count). The fourth-order valence-corrected chi connectivity index (χ4v) is 2.61. The van der Waals surface area contributed by atoms with Crippen LogP contribution in [0.15, 0.2) is 48.5 Å². The van der Waals surface area contributed by atoms with Crippen molar-refractivity contribution in [2.45, 2.75) is 39.7 Å². The van der Waals surface area contributed by atoms with E-state index in [-0.39, 0.29) is 11.9 Å². The standard InChI is InChI=1S/C19H23NO/c1-14-9-11-18(15(2)13-14)16(3)20-19(21)12-10-17-7-5-4-6-8-17/h4-9,11,13,16H,10,12H2,1-3H3,(H,20,21). The summed E-state index contributed by atoms with van der Waals surface area (Å²) in [7, 11) is 0. The number of hydrogen-bond donors (Lipinski definition) is 1. The smallest absolute Gasteiger partial charge is 0.220 e. The van der Waals surface area contributed by atoms with Gasteiger partial charge in [-0.05, 0) is 43.9 Å². The van der Waals surface area contributed by atoms with Crippen LogP contribution in [0, 0.1) is 13.8 Å². The number of amides is 1. The molecule has 0 aliphatic rings. The van der Waals surface area contributed by atoms with Gasteiger partial charge in [-0.1, -0.05) is 54.1 Å². The predicted octanol–water partition coefficient (Wildman–Crippen LogP) is 4.11. The van der Waals surface area contributed by atoms with E-state index >= 15 is 0 Å². The summed E-state index contributed by atoms with van der Waals surface area (Å²) in [5.41, 5.74) is 4.87. The first-order valence-electron chi connectivity index (χ1n) is 7.46. The van der Waals surface area contributed by atoms with Crippen LogP contribution < -0.4 is 5.32 Å². The molecule has 0 radical (unpaired) electrons. The summed E-state index contributed by atoms with van der Waals surface area (Å²) in [5, 5.41) is 3.09. The van der Waals surface area contributed by atoms with E-state index in [1.807, 2.05) is 25.1 Å². The minimum absolute atomic E-state index is 0.0499. The lowest BCUT2D eigenvalue weighted by atomic mass is 10.00. The molecule has 1 atom stereocenters. The molecule has 0 aliphatic heterocycles. The van der Waals surface area contributed by atoms with Gasteiger partial charge in [0.1, 0.15) is 0 Å². The largest absolute Gasteiger partial charge is 0.350 e. The Balaban J connectivity index is 1.90. The normalized spacial score (nSPS) is 12.0. The van der Waals surface area contributed by atoms with Crippen LogP contribution in [-0.4, -0.2) is 5.91 Å². The Labute approximate surface area is 127 Å². The number of hydrogen-bond acceptors (Lipinski definition) is 1. The predicted molar refractivity (Wildman–Crippen MR) is 87.2 cm³/mol. The van der Waals surface area contributed by atoms with Crippen LogP contribution in [0.5, 0.6) is 0 Å². The molecular weight excluding hydrogens is 258 g/mol. The fourth-order valence-electron chi connectivity index (χ4n) is 2.61. The summed E-state index contributed by atoms with van der Waals surface area (Å²) in [6.45, 7) is 6.22. The van der Waals surface area contributed by atoms with Crippen molar-refractivity contribution in [2.24, 2.45) is 0 Å². The summed E-state index contributed by atoms with van der Waals surface area (Å²) in [6.07, 6.45) is 1.31. The van der Waals surface area contributed by atoms with Crippen molar-refractivity contribution < 1.29 is 4.79 Å². The first-order valence-corrected chi connectivity index (χ1v) is 7.46. The zero-order valence-corrected chi connectivity index (χ0v) is 13.0. The molecule has 2 heteroatoms. The number of carbonyl (C=O) groups excluding carboxylic acids is 1. The minimum Gasteiger partial charge on any atom is -0.350 e. The van der Waals surface area contributed by atoms with Gasteiger partial charge in [-0.15, -0.1) is 0 Å². The maximum absolute atomic E-state index is 12.1. The van der Waals surface area contributed by atoms with E-state index in [1.165, 1.54) is 22.3 Å². The number of aryl methyl sites for hydroxylation is 3. The molecule has 0 heterocycles. The van der Waals surface area contributed by atoms with E-state index < -0.39 is 0 Å². The number of benzene rings is 2. The topological polar surface area (TPSA) is 29.1 Å². The summed E-state index contributed by atoms with van der Waals surface area (Å²) in [4.78, 5) is 12.1. The van der Waals surface area contributed by atoms with Crippen LogP contribution in [0.4, 0.5) is 0 Å². The van der Waals surface area contributed by atoms with Crippen LogP contribution in [0.25, 0.3) is 0 Å². The van der Waals surface area contributed by atoms with E-state index in [2.05, 4.69) is 49.5 Å². The Morgan fingerprint density at radius 2 is 1.81 bits per heavy atom. The molecule has 0 saturated heterocycles. The molecule has 2 aromatic carbocycles. The summed E-state index contributed by atoms with van der Waals surface area (Å²) in [5.74, 6) is 0.103. The molecule has 2 nitrogen and oxygen atoms in total. The van der Waals surface area contributed by atoms with Gasteiger partial charge in [-0.2, -0.15) is 0 Å². The third kappa shape index (κ3) is 4.45. The van der Waals surface area contributed by atoms with Crippen molar-refractivity contribution in [1.29, 1.82) is 0 Å². The number of rotatable bonds is 5. The van der Waals surface area contributed by atoms with Gasteiger partial charge in [0.15, 0.2) is 0 Å². The molecule has 1 N–H and O–H groups in total. The SMILES string of the molecule is Cc1ccc(C(C)NC(=O)CCc2ccccc2)c(C)c1. The van der Waals surface area contributed by atoms with Gasteiger partial charge in [0.05, 0.1) is 6.04 Å². The monoisotopic (exact) mass is 281 g/mol. The highest BCUT2D eigenvalue weighted by Crippen LogP contribution is 2.18. The Morgan fingerprint density at radius 3 is 2.48 bits per heavy atom. The first-order chi connectivity index (χ1) is 10.1. The van der Waals surface area contributed by atoms with Gasteiger partial charge >= 0.3 is 0 Å². The van der Waals surface area contributed by atoms with Gasteiger partial charge in [0.25, 0.3) is 0 Å². The van der Waals surface area contributed by atoms with Gasteiger partial charge in [-0.25, -0.2) is 0 Å². The maximum atomic E-state index is 12.1. The molecule has 1 unspecified atom stereocenters. The maximum Gasteiger partial charge on any atom is 0.220 e. The highest BCUT2D eigenvalue weighted by molar-refractivity contribution is 5.76. The van der Waals surface area contributed by atoms with E-state index in [0.717, 1.165) is 6.42 Å². The van der Waals surface area contributed by atoms with E-state index in [1.54, 1.807) is 0 Å². The van der Waals surface area contributed by atoms with Crippen LogP contribution in [0.2, 0.25) is 0 Å². The minimum atomic E-state index is 0.0499. The summed E-state index contributed by atoms with van der Waals surface area (Å²) >= 11 is 0. The molecule has 2 aromatic rings. The van der Waals surface area contributed by atoms with Crippen molar-refractivity contribution >= 4 is 5.91 Å². The second-order valence-corrected chi connectivity index (χ2v) is 5.63. The second kappa shape index (κ2) is 7.07. The van der Waals surface area contributed by atoms with Gasteiger partial charge < -0.3 is 5.32 Å². The zero-order valence-electron chi connectivity index (χ0n) is 13.0. The highest BCUT2D eigenvalue weighted by atomic mass is 16.1. The molecule has 1 amide bonds. The Hall–Kier alpha value is -2.09. The lowest BCUT2D eigenvalue weighted by Crippen LogP contribution is -2.27. The molecule has 0 aromatic heterocycles. The molecule has 0 bridgehead atoms. The van der Waals surface area contributed by atoms with Gasteiger partial charge in [0.2, 0.25) is 5.91 Å². The average molecular weight is 281 g/mol. The third-order valence-electron chi connectivity index (χ3n) is 3.75. The van der Waals surface area contributed by atoms with Crippen molar-refractivity contribution in [3.63, 3.8) is 0 Å². The highest BCUT2D eigenvalue weighted by Gasteiger charge is 2.11. The van der Waals surface area contributed by atoms with E-state index in [0.29, 0.717) is 6.42 Å².